The van der Waals surface area contributed by atoms with Gasteiger partial charge in [-0.3, -0.25) is 18.7 Å². The Kier molecular flexibility index (Phi) is 26.6. The van der Waals surface area contributed by atoms with Gasteiger partial charge in [0.05, 0.1) is 23.9 Å². The molecule has 83 heavy (non-hydrogen) atoms. The van der Waals surface area contributed by atoms with E-state index in [4.69, 9.17) is 6.57 Å². The molecule has 0 spiro atoms. The number of hydrogen-bond acceptors (Lipinski definition) is 6. The fourth-order valence-corrected chi connectivity index (χ4v) is 7.62. The Morgan fingerprint density at radius 2 is 0.880 bits per heavy atom. The van der Waals surface area contributed by atoms with Crippen molar-refractivity contribution in [3.8, 4) is 78.5 Å². The molecule has 4 radical (unpaired) electrons. The summed E-state index contributed by atoms with van der Waals surface area (Å²) in [5.74, 6) is -4.94. The summed E-state index contributed by atoms with van der Waals surface area (Å²) in [4.78, 5) is 28.5. The molecule has 426 valence electrons. The molecule has 6 aromatic heterocycles. The molecule has 5 aromatic carbocycles. The Morgan fingerprint density at radius 3 is 1.33 bits per heavy atom. The fraction of sp³-hybridized carbons (Fsp3) is 0.0469. The van der Waals surface area contributed by atoms with Crippen LogP contribution in [0.25, 0.3) is 83.4 Å². The van der Waals surface area contributed by atoms with Crippen LogP contribution in [0.4, 0.5) is 40.8 Å². The smallest absolute Gasteiger partial charge is 0.305 e. The van der Waals surface area contributed by atoms with Gasteiger partial charge in [-0.1, -0.05) is 101 Å². The molecule has 0 aliphatic carbocycles. The summed E-state index contributed by atoms with van der Waals surface area (Å²) >= 11 is 0. The van der Waals surface area contributed by atoms with E-state index in [1.54, 1.807) is 31.0 Å². The molecule has 0 bridgehead atoms. The third-order valence-electron chi connectivity index (χ3n) is 11.4. The molecule has 0 saturated heterocycles. The summed E-state index contributed by atoms with van der Waals surface area (Å²) in [6.07, 6.45) is 0.730. The molecule has 11 aromatic rings. The van der Waals surface area contributed by atoms with Crippen molar-refractivity contribution < 1.29 is 116 Å². The molecule has 0 saturated carbocycles. The minimum atomic E-state index is -5.65. The number of aryl methyl sites for hydroxylation is 1. The van der Waals surface area contributed by atoms with Crippen LogP contribution < -0.4 is 0 Å². The maximum Gasteiger partial charge on any atom is 0.405 e. The van der Waals surface area contributed by atoms with E-state index in [0.29, 0.717) is 11.3 Å². The van der Waals surface area contributed by atoms with E-state index < -0.39 is 46.4 Å². The van der Waals surface area contributed by atoms with Crippen LogP contribution in [0.1, 0.15) is 16.7 Å². The Hall–Kier alpha value is -7.47. The normalized spacial score (nSPS) is 10.3. The van der Waals surface area contributed by atoms with Crippen molar-refractivity contribution in [1.82, 2.24) is 29.9 Å². The summed E-state index contributed by atoms with van der Waals surface area (Å²) < 4.78 is 104. The monoisotopic (exact) mass is 1830 g/mol. The second-order valence-electron chi connectivity index (χ2n) is 16.8. The van der Waals surface area contributed by atoms with Crippen LogP contribution in [-0.4, -0.2) is 29.9 Å². The first kappa shape index (κ1) is 68.0. The van der Waals surface area contributed by atoms with E-state index in [0.717, 1.165) is 79.5 Å². The largest absolute Gasteiger partial charge is 0.405 e. The van der Waals surface area contributed by atoms with E-state index >= 15 is 0 Å². The molecule has 0 amide bonds. The van der Waals surface area contributed by atoms with Crippen molar-refractivity contribution in [2.45, 2.75) is 19.3 Å². The van der Waals surface area contributed by atoms with Crippen LogP contribution in [0, 0.1) is 49.4 Å². The third kappa shape index (κ3) is 18.8. The quantitative estimate of drug-likeness (QED) is 0.117. The fourth-order valence-electron chi connectivity index (χ4n) is 7.62. The van der Waals surface area contributed by atoms with Gasteiger partial charge < -0.3 is 19.9 Å². The third-order valence-corrected chi connectivity index (χ3v) is 11.4. The maximum absolute atomic E-state index is 14.0. The number of halogens is 8. The van der Waals surface area contributed by atoms with Crippen molar-refractivity contribution in [2.24, 2.45) is 0 Å². The first-order valence-corrected chi connectivity index (χ1v) is 23.8. The first-order chi connectivity index (χ1) is 38.2. The van der Waals surface area contributed by atoms with E-state index in [1.165, 1.54) is 19.1 Å². The molecule has 0 unspecified atom stereocenters. The molecular weight excluding hydrogens is 1790 g/mol. The second kappa shape index (κ2) is 32.4. The molecule has 19 heteroatoms. The van der Waals surface area contributed by atoms with Gasteiger partial charge >= 0.3 is 12.4 Å². The van der Waals surface area contributed by atoms with Gasteiger partial charge in [-0.15, -0.1) is 101 Å². The number of pyridine rings is 6. The molecule has 6 heterocycles. The molecule has 0 aliphatic heterocycles. The zero-order chi connectivity index (χ0) is 55.8. The number of benzene rings is 5. The Bertz CT molecular complexity index is 3600. The standard InChI is InChI=1S/C18H11N2.2C16H11N2.C14H6F8N.4Ir/c1-19-17-9-5-7-15(13-17)14-6-4-8-16(12-14)18-10-2-3-11-20-18;1-3-10-17-15(8-1)13-6-5-7-14(12-13)16-9-2-4-11-18-16;1-2-10-18-16(8-1)14-6-3-5-13(11-14)15-7-4-9-17-12-15;1-6-2-3-23-9(4-6)7-5-8(13(17,18)19)12(16)10(11(7)15)14(20,21)22;;;;/h2-7,9-13H;1-6,8-12H;1-5,7-12H;2-4H,1H3;;;;/q4*-1;;;;. The van der Waals surface area contributed by atoms with Gasteiger partial charge in [0.2, 0.25) is 0 Å². The average Bonchev–Trinajstić information content (AvgIpc) is 3.68. The van der Waals surface area contributed by atoms with Gasteiger partial charge in [-0.25, -0.2) is 4.85 Å². The van der Waals surface area contributed by atoms with Crippen molar-refractivity contribution in [2.75, 3.05) is 0 Å². The molecule has 0 N–H and O–H groups in total. The molecule has 0 atom stereocenters. The minimum absolute atomic E-state index is 0. The zero-order valence-corrected chi connectivity index (χ0v) is 52.4. The summed E-state index contributed by atoms with van der Waals surface area (Å²) in [5.41, 5.74) is 6.45. The van der Waals surface area contributed by atoms with Crippen LogP contribution in [0.3, 0.4) is 0 Å². The van der Waals surface area contributed by atoms with Crippen LogP contribution in [0.2, 0.25) is 0 Å². The van der Waals surface area contributed by atoms with E-state index in [-0.39, 0.29) is 80.4 Å². The number of hydrogen-bond donors (Lipinski definition) is 0. The van der Waals surface area contributed by atoms with E-state index in [9.17, 15) is 35.1 Å². The summed E-state index contributed by atoms with van der Waals surface area (Å²) in [6, 6.07) is 66.4. The topological polar surface area (TPSA) is 81.7 Å². The number of rotatable bonds is 7. The molecule has 7 nitrogen and oxygen atoms in total. The van der Waals surface area contributed by atoms with Crippen molar-refractivity contribution in [3.05, 3.63) is 283 Å². The van der Waals surface area contributed by atoms with Gasteiger partial charge in [0.25, 0.3) is 0 Å². The van der Waals surface area contributed by atoms with Gasteiger partial charge in [0, 0.05) is 135 Å². The van der Waals surface area contributed by atoms with E-state index in [1.807, 2.05) is 158 Å². The van der Waals surface area contributed by atoms with Crippen LogP contribution in [-0.2, 0) is 92.8 Å². The Balaban J connectivity index is 0.000000235. The van der Waals surface area contributed by atoms with Gasteiger partial charge in [0.15, 0.2) is 5.69 Å². The zero-order valence-electron chi connectivity index (χ0n) is 42.8. The Labute approximate surface area is 528 Å². The molecule has 0 aliphatic rings. The predicted molar refractivity (Wildman–Crippen MR) is 287 cm³/mol. The summed E-state index contributed by atoms with van der Waals surface area (Å²) in [5, 5.41) is 0. The van der Waals surface area contributed by atoms with Gasteiger partial charge in [0.1, 0.15) is 0 Å². The molecular formula is C64H39F8Ir4N7-4. The van der Waals surface area contributed by atoms with Crippen molar-refractivity contribution >= 4 is 5.69 Å². The molecule has 0 fully saturated rings. The van der Waals surface area contributed by atoms with Gasteiger partial charge in [-0.2, -0.15) is 26.3 Å². The number of nitrogens with zero attached hydrogens (tertiary/aromatic N) is 7. The average molecular weight is 1830 g/mol. The van der Waals surface area contributed by atoms with Crippen LogP contribution >= 0.6 is 0 Å². The maximum atomic E-state index is 14.0. The van der Waals surface area contributed by atoms with Crippen LogP contribution in [0.5, 0.6) is 0 Å². The Morgan fingerprint density at radius 1 is 0.422 bits per heavy atom. The first-order valence-electron chi connectivity index (χ1n) is 23.8. The number of alkyl halides is 6. The van der Waals surface area contributed by atoms with E-state index in [2.05, 4.69) is 65.1 Å². The summed E-state index contributed by atoms with van der Waals surface area (Å²) in [7, 11) is 0. The van der Waals surface area contributed by atoms with Crippen molar-refractivity contribution in [1.29, 1.82) is 0 Å². The minimum Gasteiger partial charge on any atom is -0.305 e. The SMILES string of the molecule is Cc1ccnc(-c2[c-]c(C(F)(F)F)c(F)c(C(F)(F)F)c2F)c1.[C-]#[N+]c1cccc(-c2cc[c-]c(-c3ccccn3)c2)c1.[Ir].[Ir].[Ir].[Ir].[c-]1ccc(-c2ccccn2)cc1-c1ccccn1.[c-]1ccc(-c2cccnc2)cc1-c1ccccn1. The number of aromatic nitrogens is 6. The molecule has 11 rings (SSSR count). The van der Waals surface area contributed by atoms with Gasteiger partial charge in [-0.05, 0) is 83.3 Å². The summed E-state index contributed by atoms with van der Waals surface area (Å²) in [6.45, 7) is 8.56. The second-order valence-corrected chi connectivity index (χ2v) is 16.8. The van der Waals surface area contributed by atoms with Crippen molar-refractivity contribution in [3.63, 3.8) is 0 Å². The van der Waals surface area contributed by atoms with Crippen LogP contribution in [0.15, 0.2) is 219 Å². The predicted octanol–water partition coefficient (Wildman–Crippen LogP) is 17.2.